The fraction of sp³-hybridized carbons (Fsp3) is 0.286. The molecule has 0 atom stereocenters. The summed E-state index contributed by atoms with van der Waals surface area (Å²) in [6.07, 6.45) is 0. The number of anilines is 1. The van der Waals surface area contributed by atoms with Gasteiger partial charge >= 0.3 is 0 Å². The topological polar surface area (TPSA) is 87.6 Å². The largest absolute Gasteiger partial charge is 0.399 e. The number of rotatable bonds is 0. The zero-order valence-corrected chi connectivity index (χ0v) is 11.2. The van der Waals surface area contributed by atoms with E-state index in [1.165, 1.54) is 0 Å². The van der Waals surface area contributed by atoms with E-state index in [4.69, 9.17) is 5.73 Å². The van der Waals surface area contributed by atoms with E-state index < -0.39 is 0 Å². The van der Waals surface area contributed by atoms with Gasteiger partial charge in [0.1, 0.15) is 5.52 Å². The van der Waals surface area contributed by atoms with Crippen molar-refractivity contribution < 1.29 is 0 Å². The molecular weight excluding hydrogens is 240 g/mol. The monoisotopic (exact) mass is 256 g/mol. The van der Waals surface area contributed by atoms with Crippen molar-refractivity contribution in [2.45, 2.75) is 26.2 Å². The molecule has 2 aromatic heterocycles. The maximum absolute atomic E-state index is 12.3. The summed E-state index contributed by atoms with van der Waals surface area (Å²) >= 11 is 0. The molecule has 0 aliphatic rings. The molecule has 2 heterocycles. The Bertz CT molecular complexity index is 836. The molecule has 0 aliphatic heterocycles. The molecule has 1 aromatic carbocycles. The fourth-order valence-corrected chi connectivity index (χ4v) is 2.36. The van der Waals surface area contributed by atoms with Crippen molar-refractivity contribution in [2.24, 2.45) is 0 Å². The van der Waals surface area contributed by atoms with E-state index in [1.54, 1.807) is 6.07 Å². The third kappa shape index (κ3) is 1.69. The number of aromatic nitrogens is 3. The average Bonchev–Trinajstić information content (AvgIpc) is 2.73. The van der Waals surface area contributed by atoms with Gasteiger partial charge in [0.15, 0.2) is 0 Å². The first-order valence-electron chi connectivity index (χ1n) is 6.18. The predicted octanol–water partition coefficient (Wildman–Crippen LogP) is 2.28. The molecule has 0 saturated carbocycles. The summed E-state index contributed by atoms with van der Waals surface area (Å²) < 4.78 is 0. The first-order chi connectivity index (χ1) is 8.88. The standard InChI is InChI=1S/C14H16N4O/c1-14(2,3)12-10-11(17-18-12)8-5-4-7(15)6-9(8)16-13(10)19/h4-6H,15H2,1-3H3,(H,16,19)(H,17,18). The molecule has 0 unspecified atom stereocenters. The second kappa shape index (κ2) is 3.60. The Balaban J connectivity index is 2.52. The van der Waals surface area contributed by atoms with E-state index in [0.29, 0.717) is 22.1 Å². The van der Waals surface area contributed by atoms with E-state index in [1.807, 2.05) is 32.9 Å². The van der Waals surface area contributed by atoms with Gasteiger partial charge < -0.3 is 10.7 Å². The number of nitrogens with zero attached hydrogens (tertiary/aromatic N) is 1. The first kappa shape index (κ1) is 11.8. The molecular formula is C14H16N4O. The normalized spacial score (nSPS) is 12.4. The van der Waals surface area contributed by atoms with Gasteiger partial charge in [-0.3, -0.25) is 9.89 Å². The summed E-state index contributed by atoms with van der Waals surface area (Å²) in [6, 6.07) is 5.45. The fourth-order valence-electron chi connectivity index (χ4n) is 2.36. The number of hydrogen-bond acceptors (Lipinski definition) is 3. The number of pyridine rings is 1. The summed E-state index contributed by atoms with van der Waals surface area (Å²) in [7, 11) is 0. The molecule has 98 valence electrons. The number of benzene rings is 1. The lowest BCUT2D eigenvalue weighted by molar-refractivity contribution is 0.571. The molecule has 5 nitrogen and oxygen atoms in total. The zero-order chi connectivity index (χ0) is 13.8. The van der Waals surface area contributed by atoms with Crippen LogP contribution < -0.4 is 11.3 Å². The van der Waals surface area contributed by atoms with Crippen LogP contribution in [0.2, 0.25) is 0 Å². The van der Waals surface area contributed by atoms with Gasteiger partial charge in [0.25, 0.3) is 5.56 Å². The van der Waals surface area contributed by atoms with E-state index in [9.17, 15) is 4.79 Å². The van der Waals surface area contributed by atoms with E-state index in [-0.39, 0.29) is 11.0 Å². The van der Waals surface area contributed by atoms with Crippen LogP contribution in [0.4, 0.5) is 5.69 Å². The van der Waals surface area contributed by atoms with Crippen LogP contribution in [0.15, 0.2) is 23.0 Å². The van der Waals surface area contributed by atoms with Gasteiger partial charge in [-0.25, -0.2) is 0 Å². The van der Waals surface area contributed by atoms with Crippen LogP contribution in [0.25, 0.3) is 21.8 Å². The number of hydrogen-bond donors (Lipinski definition) is 3. The number of nitrogen functional groups attached to an aromatic ring is 1. The molecule has 4 N–H and O–H groups in total. The SMILES string of the molecule is CC(C)(C)c1[nH]nc2c1c(=O)[nH]c1cc(N)ccc12. The van der Waals surface area contributed by atoms with Gasteiger partial charge in [0, 0.05) is 16.5 Å². The first-order valence-corrected chi connectivity index (χ1v) is 6.18. The Morgan fingerprint density at radius 2 is 2.00 bits per heavy atom. The van der Waals surface area contributed by atoms with Gasteiger partial charge in [-0.05, 0) is 18.2 Å². The summed E-state index contributed by atoms with van der Waals surface area (Å²) in [5.74, 6) is 0. The Kier molecular flexibility index (Phi) is 2.23. The van der Waals surface area contributed by atoms with Crippen molar-refractivity contribution in [3.63, 3.8) is 0 Å². The zero-order valence-electron chi connectivity index (χ0n) is 11.2. The summed E-state index contributed by atoms with van der Waals surface area (Å²) in [5, 5.41) is 8.85. The van der Waals surface area contributed by atoms with Gasteiger partial charge in [-0.15, -0.1) is 0 Å². The van der Waals surface area contributed by atoms with Gasteiger partial charge in [0.2, 0.25) is 0 Å². The highest BCUT2D eigenvalue weighted by Gasteiger charge is 2.22. The molecule has 0 bridgehead atoms. The van der Waals surface area contributed by atoms with Gasteiger partial charge in [-0.2, -0.15) is 5.10 Å². The number of H-pyrrole nitrogens is 2. The quantitative estimate of drug-likeness (QED) is 0.539. The maximum Gasteiger partial charge on any atom is 0.259 e. The lowest BCUT2D eigenvalue weighted by atomic mass is 9.90. The van der Waals surface area contributed by atoms with E-state index in [0.717, 1.165) is 11.1 Å². The van der Waals surface area contributed by atoms with Crippen molar-refractivity contribution in [3.8, 4) is 0 Å². The molecule has 0 radical (unpaired) electrons. The highest BCUT2D eigenvalue weighted by Crippen LogP contribution is 2.29. The smallest absolute Gasteiger partial charge is 0.259 e. The molecule has 5 heteroatoms. The summed E-state index contributed by atoms with van der Waals surface area (Å²) in [5.41, 5.74) is 8.33. The lowest BCUT2D eigenvalue weighted by Crippen LogP contribution is -2.16. The minimum atomic E-state index is -0.163. The molecule has 3 rings (SSSR count). The second-order valence-electron chi connectivity index (χ2n) is 5.83. The van der Waals surface area contributed by atoms with Crippen molar-refractivity contribution in [1.82, 2.24) is 15.2 Å². The summed E-state index contributed by atoms with van der Waals surface area (Å²) in [4.78, 5) is 15.2. The van der Waals surface area contributed by atoms with Crippen LogP contribution in [0.5, 0.6) is 0 Å². The Morgan fingerprint density at radius 1 is 1.26 bits per heavy atom. The molecule has 0 spiro atoms. The third-order valence-electron chi connectivity index (χ3n) is 3.29. The molecule has 0 amide bonds. The van der Waals surface area contributed by atoms with Gasteiger partial charge in [0.05, 0.1) is 16.6 Å². The minimum Gasteiger partial charge on any atom is -0.399 e. The predicted molar refractivity (Wildman–Crippen MR) is 77.3 cm³/mol. The molecule has 0 aliphatic carbocycles. The highest BCUT2D eigenvalue weighted by atomic mass is 16.1. The number of fused-ring (bicyclic) bond motifs is 3. The maximum atomic E-state index is 12.3. The Labute approximate surface area is 109 Å². The summed E-state index contributed by atoms with van der Waals surface area (Å²) in [6.45, 7) is 6.14. The van der Waals surface area contributed by atoms with E-state index >= 15 is 0 Å². The van der Waals surface area contributed by atoms with Crippen molar-refractivity contribution in [1.29, 1.82) is 0 Å². The molecule has 19 heavy (non-hydrogen) atoms. The van der Waals surface area contributed by atoms with Crippen LogP contribution in [0, 0.1) is 0 Å². The number of nitrogens with one attached hydrogen (secondary N) is 2. The van der Waals surface area contributed by atoms with Gasteiger partial charge in [-0.1, -0.05) is 20.8 Å². The highest BCUT2D eigenvalue weighted by molar-refractivity contribution is 6.04. The second-order valence-corrected chi connectivity index (χ2v) is 5.83. The van der Waals surface area contributed by atoms with Crippen LogP contribution >= 0.6 is 0 Å². The molecule has 0 saturated heterocycles. The van der Waals surface area contributed by atoms with Crippen LogP contribution in [-0.4, -0.2) is 15.2 Å². The lowest BCUT2D eigenvalue weighted by Gasteiger charge is -2.15. The van der Waals surface area contributed by atoms with Crippen LogP contribution in [-0.2, 0) is 5.41 Å². The van der Waals surface area contributed by atoms with Crippen LogP contribution in [0.3, 0.4) is 0 Å². The minimum absolute atomic E-state index is 0.133. The van der Waals surface area contributed by atoms with E-state index in [2.05, 4.69) is 15.2 Å². The third-order valence-corrected chi connectivity index (χ3v) is 3.29. The van der Waals surface area contributed by atoms with Crippen LogP contribution in [0.1, 0.15) is 26.5 Å². The average molecular weight is 256 g/mol. The molecule has 0 fully saturated rings. The Morgan fingerprint density at radius 3 is 2.68 bits per heavy atom. The Hall–Kier alpha value is -2.30. The van der Waals surface area contributed by atoms with Crippen molar-refractivity contribution in [2.75, 3.05) is 5.73 Å². The van der Waals surface area contributed by atoms with Crippen molar-refractivity contribution >= 4 is 27.5 Å². The number of aromatic amines is 2. The number of nitrogens with two attached hydrogens (primary N) is 1. The molecule has 3 aromatic rings. The van der Waals surface area contributed by atoms with Crippen molar-refractivity contribution in [3.05, 3.63) is 34.2 Å².